The maximum Gasteiger partial charge on any atom is 0.173 e. The van der Waals surface area contributed by atoms with E-state index in [0.717, 1.165) is 17.8 Å². The van der Waals surface area contributed by atoms with E-state index in [1.165, 1.54) is 0 Å². The molecule has 78 valence electrons. The zero-order valence-corrected chi connectivity index (χ0v) is 8.80. The fourth-order valence-electron chi connectivity index (χ4n) is 1.52. The Labute approximate surface area is 94.4 Å². The van der Waals surface area contributed by atoms with Crippen molar-refractivity contribution in [3.8, 4) is 6.07 Å². The summed E-state index contributed by atoms with van der Waals surface area (Å²) in [7, 11) is 0. The van der Waals surface area contributed by atoms with Gasteiger partial charge in [-0.05, 0) is 12.1 Å². The van der Waals surface area contributed by atoms with E-state index in [9.17, 15) is 0 Å². The third-order valence-corrected chi connectivity index (χ3v) is 2.34. The van der Waals surface area contributed by atoms with Crippen molar-refractivity contribution < 1.29 is 4.57 Å². The van der Waals surface area contributed by atoms with Gasteiger partial charge in [0.25, 0.3) is 0 Å². The molecule has 2 rings (SSSR count). The molecule has 0 saturated heterocycles. The zero-order chi connectivity index (χ0) is 11.4. The Hall–Kier alpha value is -2.34. The van der Waals surface area contributed by atoms with Crippen LogP contribution in [0.3, 0.4) is 0 Å². The smallest absolute Gasteiger partial charge is 0.173 e. The van der Waals surface area contributed by atoms with Crippen molar-refractivity contribution in [2.45, 2.75) is 6.54 Å². The third-order valence-electron chi connectivity index (χ3n) is 2.34. The molecule has 1 heterocycles. The first-order valence-corrected chi connectivity index (χ1v) is 5.01. The Morgan fingerprint density at radius 2 is 1.94 bits per heavy atom. The van der Waals surface area contributed by atoms with Gasteiger partial charge in [-0.2, -0.15) is 5.26 Å². The number of hydrogen-bond acceptors (Lipinski definition) is 2. The molecule has 3 nitrogen and oxygen atoms in total. The Morgan fingerprint density at radius 1 is 1.19 bits per heavy atom. The van der Waals surface area contributed by atoms with Gasteiger partial charge < -0.3 is 5.73 Å². The lowest BCUT2D eigenvalue weighted by Crippen LogP contribution is -2.33. The maximum atomic E-state index is 8.79. The molecule has 0 aliphatic heterocycles. The first kappa shape index (κ1) is 10.2. The van der Waals surface area contributed by atoms with Gasteiger partial charge in [0.1, 0.15) is 0 Å². The van der Waals surface area contributed by atoms with Crippen molar-refractivity contribution >= 4 is 5.69 Å². The van der Waals surface area contributed by atoms with Crippen LogP contribution >= 0.6 is 0 Å². The van der Waals surface area contributed by atoms with Crippen molar-refractivity contribution in [3.63, 3.8) is 0 Å². The summed E-state index contributed by atoms with van der Waals surface area (Å²) in [6.45, 7) is 0.746. The maximum absolute atomic E-state index is 8.79. The topological polar surface area (TPSA) is 53.7 Å². The predicted octanol–water partition coefficient (Wildman–Crippen LogP) is 1.48. The van der Waals surface area contributed by atoms with Crippen LogP contribution in [0, 0.1) is 11.3 Å². The lowest BCUT2D eigenvalue weighted by atomic mass is 10.1. The Kier molecular flexibility index (Phi) is 2.84. The largest absolute Gasteiger partial charge is 0.398 e. The van der Waals surface area contributed by atoms with Gasteiger partial charge in [0.2, 0.25) is 0 Å². The summed E-state index contributed by atoms with van der Waals surface area (Å²) in [6.07, 6.45) is 3.85. The molecule has 0 spiro atoms. The number of nitriles is 1. The number of pyridine rings is 1. The molecule has 2 N–H and O–H groups in total. The van der Waals surface area contributed by atoms with Crippen molar-refractivity contribution in [3.05, 3.63) is 59.9 Å². The van der Waals surface area contributed by atoms with Crippen molar-refractivity contribution in [1.29, 1.82) is 5.26 Å². The fourth-order valence-corrected chi connectivity index (χ4v) is 1.52. The first-order valence-electron chi connectivity index (χ1n) is 5.01. The number of anilines is 1. The van der Waals surface area contributed by atoms with Crippen LogP contribution in [0.25, 0.3) is 0 Å². The molecule has 0 fully saturated rings. The quantitative estimate of drug-likeness (QED) is 0.763. The average molecular weight is 210 g/mol. The van der Waals surface area contributed by atoms with E-state index in [2.05, 4.69) is 6.07 Å². The summed E-state index contributed by atoms with van der Waals surface area (Å²) < 4.78 is 2.02. The van der Waals surface area contributed by atoms with Crippen LogP contribution in [0.2, 0.25) is 0 Å². The lowest BCUT2D eigenvalue weighted by molar-refractivity contribution is -0.688. The van der Waals surface area contributed by atoms with E-state index in [1.807, 2.05) is 47.3 Å². The normalized spacial score (nSPS) is 9.69. The summed E-state index contributed by atoms with van der Waals surface area (Å²) in [5, 5.41) is 8.79. The second-order valence-electron chi connectivity index (χ2n) is 3.62. The van der Waals surface area contributed by atoms with Crippen LogP contribution in [-0.2, 0) is 6.54 Å². The van der Waals surface area contributed by atoms with Gasteiger partial charge in [0, 0.05) is 23.4 Å². The van der Waals surface area contributed by atoms with Gasteiger partial charge in [-0.1, -0.05) is 12.1 Å². The minimum Gasteiger partial charge on any atom is -0.398 e. The van der Waals surface area contributed by atoms with Crippen LogP contribution < -0.4 is 10.3 Å². The lowest BCUT2D eigenvalue weighted by Gasteiger charge is -1.98. The molecule has 0 bridgehead atoms. The molecule has 1 aromatic carbocycles. The highest BCUT2D eigenvalue weighted by molar-refractivity contribution is 5.33. The summed E-state index contributed by atoms with van der Waals surface area (Å²) in [6, 6.07) is 13.4. The molecular formula is C13H12N3+. The number of nitrogens with zero attached hydrogens (tertiary/aromatic N) is 2. The molecular weight excluding hydrogens is 198 g/mol. The monoisotopic (exact) mass is 210 g/mol. The minimum atomic E-state index is 0.688. The molecule has 0 atom stereocenters. The standard InChI is InChI=1S/C13H11N3/c14-9-11-2-1-3-12(8-11)10-16-6-4-13(15)5-7-16/h1-8,15H,10H2/p+1. The molecule has 1 aromatic heterocycles. The Morgan fingerprint density at radius 3 is 2.62 bits per heavy atom. The van der Waals surface area contributed by atoms with Crippen molar-refractivity contribution in [2.24, 2.45) is 0 Å². The number of nitrogen functional groups attached to an aromatic ring is 1. The molecule has 3 heteroatoms. The van der Waals surface area contributed by atoms with E-state index in [0.29, 0.717) is 5.56 Å². The van der Waals surface area contributed by atoms with Crippen LogP contribution in [0.15, 0.2) is 48.8 Å². The summed E-state index contributed by atoms with van der Waals surface area (Å²) in [5.41, 5.74) is 8.16. The number of hydrogen-bond donors (Lipinski definition) is 1. The van der Waals surface area contributed by atoms with Gasteiger partial charge >= 0.3 is 0 Å². The highest BCUT2D eigenvalue weighted by atomic mass is 14.9. The van der Waals surface area contributed by atoms with E-state index < -0.39 is 0 Å². The molecule has 2 aromatic rings. The third kappa shape index (κ3) is 2.37. The average Bonchev–Trinajstić information content (AvgIpc) is 2.32. The van der Waals surface area contributed by atoms with E-state index in [1.54, 1.807) is 6.07 Å². The second kappa shape index (κ2) is 4.45. The van der Waals surface area contributed by atoms with Crippen LogP contribution in [0.1, 0.15) is 11.1 Å². The predicted molar refractivity (Wildman–Crippen MR) is 61.3 cm³/mol. The number of rotatable bonds is 2. The van der Waals surface area contributed by atoms with Crippen LogP contribution in [0.5, 0.6) is 0 Å². The number of aromatic nitrogens is 1. The minimum absolute atomic E-state index is 0.688. The van der Waals surface area contributed by atoms with Crippen molar-refractivity contribution in [1.82, 2.24) is 0 Å². The second-order valence-corrected chi connectivity index (χ2v) is 3.62. The molecule has 0 saturated carbocycles. The van der Waals surface area contributed by atoms with Crippen LogP contribution in [-0.4, -0.2) is 0 Å². The molecule has 16 heavy (non-hydrogen) atoms. The van der Waals surface area contributed by atoms with Crippen molar-refractivity contribution in [2.75, 3.05) is 5.73 Å². The highest BCUT2D eigenvalue weighted by Gasteiger charge is 2.02. The molecule has 0 aliphatic carbocycles. The SMILES string of the molecule is N#Cc1cccc(C[n+]2ccc(N)cc2)c1. The van der Waals surface area contributed by atoms with E-state index >= 15 is 0 Å². The first-order chi connectivity index (χ1) is 7.78. The van der Waals surface area contributed by atoms with Gasteiger partial charge in [-0.15, -0.1) is 0 Å². The fraction of sp³-hybridized carbons (Fsp3) is 0.0769. The van der Waals surface area contributed by atoms with E-state index in [-0.39, 0.29) is 0 Å². The Bertz CT molecular complexity index is 524. The number of benzene rings is 1. The highest BCUT2D eigenvalue weighted by Crippen LogP contribution is 2.04. The van der Waals surface area contributed by atoms with Gasteiger partial charge in [0.15, 0.2) is 18.9 Å². The molecule has 0 aliphatic rings. The van der Waals surface area contributed by atoms with Crippen LogP contribution in [0.4, 0.5) is 5.69 Å². The van der Waals surface area contributed by atoms with E-state index in [4.69, 9.17) is 11.0 Å². The zero-order valence-electron chi connectivity index (χ0n) is 8.80. The van der Waals surface area contributed by atoms with Gasteiger partial charge in [-0.25, -0.2) is 4.57 Å². The summed E-state index contributed by atoms with van der Waals surface area (Å²) in [4.78, 5) is 0. The molecule has 0 unspecified atom stereocenters. The van der Waals surface area contributed by atoms with Gasteiger partial charge in [-0.3, -0.25) is 0 Å². The number of nitrogens with two attached hydrogens (primary N) is 1. The summed E-state index contributed by atoms with van der Waals surface area (Å²) >= 11 is 0. The summed E-state index contributed by atoms with van der Waals surface area (Å²) in [5.74, 6) is 0. The molecule has 0 amide bonds. The Balaban J connectivity index is 2.21. The molecule has 0 radical (unpaired) electrons. The van der Waals surface area contributed by atoms with Gasteiger partial charge in [0.05, 0.1) is 11.6 Å².